The number of hydrogen-bond donors (Lipinski definition) is 1. The molecule has 3 heteroatoms. The van der Waals surface area contributed by atoms with E-state index < -0.39 is 0 Å². The van der Waals surface area contributed by atoms with E-state index in [-0.39, 0.29) is 5.75 Å². The number of nitrogens with zero attached hydrogens (tertiary/aromatic N) is 2. The predicted molar refractivity (Wildman–Crippen MR) is 75.7 cm³/mol. The SMILES string of the molecule is Cn1cc(-c2cccc(O)c2)c(-c2ccccc2)n1. The van der Waals surface area contributed by atoms with Gasteiger partial charge in [0.05, 0.1) is 0 Å². The van der Waals surface area contributed by atoms with E-state index in [1.54, 1.807) is 16.8 Å². The second kappa shape index (κ2) is 4.61. The zero-order chi connectivity index (χ0) is 13.2. The summed E-state index contributed by atoms with van der Waals surface area (Å²) in [6.07, 6.45) is 1.97. The number of benzene rings is 2. The third kappa shape index (κ3) is 2.22. The lowest BCUT2D eigenvalue weighted by Gasteiger charge is -2.03. The number of phenols is 1. The summed E-state index contributed by atoms with van der Waals surface area (Å²) in [5, 5.41) is 14.1. The highest BCUT2D eigenvalue weighted by Gasteiger charge is 2.11. The molecule has 0 spiro atoms. The Morgan fingerprint density at radius 3 is 2.42 bits per heavy atom. The van der Waals surface area contributed by atoms with Gasteiger partial charge in [-0.3, -0.25) is 4.68 Å². The van der Waals surface area contributed by atoms with Crippen molar-refractivity contribution in [2.75, 3.05) is 0 Å². The molecule has 2 aromatic carbocycles. The van der Waals surface area contributed by atoms with Crippen LogP contribution in [0.2, 0.25) is 0 Å². The standard InChI is InChI=1S/C16H14N2O/c1-18-11-15(13-8-5-9-14(19)10-13)16(17-18)12-6-3-2-4-7-12/h2-11,19H,1H3. The van der Waals surface area contributed by atoms with Gasteiger partial charge in [0.2, 0.25) is 0 Å². The fourth-order valence-electron chi connectivity index (χ4n) is 2.18. The minimum Gasteiger partial charge on any atom is -0.508 e. The van der Waals surface area contributed by atoms with Crippen molar-refractivity contribution in [1.29, 1.82) is 0 Å². The van der Waals surface area contributed by atoms with Crippen LogP contribution in [0, 0.1) is 0 Å². The molecule has 0 aliphatic rings. The summed E-state index contributed by atoms with van der Waals surface area (Å²) in [7, 11) is 1.90. The number of hydrogen-bond acceptors (Lipinski definition) is 2. The van der Waals surface area contributed by atoms with Gasteiger partial charge in [-0.25, -0.2) is 0 Å². The van der Waals surface area contributed by atoms with Crippen molar-refractivity contribution < 1.29 is 5.11 Å². The summed E-state index contributed by atoms with van der Waals surface area (Å²) >= 11 is 0. The van der Waals surface area contributed by atoms with Crippen molar-refractivity contribution in [2.24, 2.45) is 7.05 Å². The summed E-state index contributed by atoms with van der Waals surface area (Å²) in [4.78, 5) is 0. The van der Waals surface area contributed by atoms with Crippen LogP contribution in [-0.2, 0) is 7.05 Å². The molecule has 0 saturated carbocycles. The molecule has 0 aliphatic heterocycles. The Kier molecular flexibility index (Phi) is 2.80. The zero-order valence-corrected chi connectivity index (χ0v) is 10.6. The van der Waals surface area contributed by atoms with Crippen LogP contribution in [0.1, 0.15) is 0 Å². The van der Waals surface area contributed by atoms with Gasteiger partial charge in [-0.15, -0.1) is 0 Å². The Morgan fingerprint density at radius 1 is 0.947 bits per heavy atom. The topological polar surface area (TPSA) is 38.0 Å². The molecule has 0 fully saturated rings. The van der Waals surface area contributed by atoms with E-state index in [1.165, 1.54) is 0 Å². The molecule has 0 bridgehead atoms. The first-order valence-corrected chi connectivity index (χ1v) is 6.12. The molecule has 1 heterocycles. The van der Waals surface area contributed by atoms with Gasteiger partial charge in [0.15, 0.2) is 0 Å². The number of aromatic nitrogens is 2. The van der Waals surface area contributed by atoms with E-state index in [9.17, 15) is 5.11 Å². The highest BCUT2D eigenvalue weighted by atomic mass is 16.3. The monoisotopic (exact) mass is 250 g/mol. The van der Waals surface area contributed by atoms with Gasteiger partial charge in [-0.1, -0.05) is 42.5 Å². The normalized spacial score (nSPS) is 10.6. The molecule has 0 amide bonds. The maximum atomic E-state index is 9.62. The van der Waals surface area contributed by atoms with Crippen LogP contribution < -0.4 is 0 Å². The second-order valence-electron chi connectivity index (χ2n) is 4.48. The van der Waals surface area contributed by atoms with Gasteiger partial charge in [0, 0.05) is 24.4 Å². The van der Waals surface area contributed by atoms with Crippen LogP contribution >= 0.6 is 0 Å². The molecule has 1 aromatic heterocycles. The van der Waals surface area contributed by atoms with Crippen molar-refractivity contribution >= 4 is 0 Å². The van der Waals surface area contributed by atoms with E-state index in [0.717, 1.165) is 22.4 Å². The van der Waals surface area contributed by atoms with E-state index in [2.05, 4.69) is 5.10 Å². The third-order valence-electron chi connectivity index (χ3n) is 3.03. The summed E-state index contributed by atoms with van der Waals surface area (Å²) in [6, 6.07) is 17.3. The van der Waals surface area contributed by atoms with Gasteiger partial charge >= 0.3 is 0 Å². The number of phenolic OH excluding ortho intramolecular Hbond substituents is 1. The van der Waals surface area contributed by atoms with Crippen LogP contribution in [0.15, 0.2) is 60.8 Å². The molecule has 3 aromatic rings. The molecule has 3 rings (SSSR count). The summed E-state index contributed by atoms with van der Waals surface area (Å²) in [5.41, 5.74) is 3.98. The Balaban J connectivity index is 2.18. The van der Waals surface area contributed by atoms with Crippen LogP contribution in [0.25, 0.3) is 22.4 Å². The molecule has 19 heavy (non-hydrogen) atoms. The molecule has 0 saturated heterocycles. The van der Waals surface area contributed by atoms with Gasteiger partial charge in [-0.05, 0) is 17.7 Å². The highest BCUT2D eigenvalue weighted by Crippen LogP contribution is 2.32. The first-order chi connectivity index (χ1) is 9.24. The molecule has 0 unspecified atom stereocenters. The molecule has 0 atom stereocenters. The second-order valence-corrected chi connectivity index (χ2v) is 4.48. The first kappa shape index (κ1) is 11.5. The number of rotatable bonds is 2. The van der Waals surface area contributed by atoms with Crippen molar-refractivity contribution in [3.05, 3.63) is 60.8 Å². The van der Waals surface area contributed by atoms with E-state index in [1.807, 2.05) is 55.7 Å². The molecular weight excluding hydrogens is 236 g/mol. The first-order valence-electron chi connectivity index (χ1n) is 6.12. The Labute approximate surface area is 111 Å². The largest absolute Gasteiger partial charge is 0.508 e. The maximum absolute atomic E-state index is 9.62. The smallest absolute Gasteiger partial charge is 0.116 e. The summed E-state index contributed by atoms with van der Waals surface area (Å²) in [6.45, 7) is 0. The van der Waals surface area contributed by atoms with Crippen molar-refractivity contribution in [3.63, 3.8) is 0 Å². The Morgan fingerprint density at radius 2 is 1.68 bits per heavy atom. The summed E-state index contributed by atoms with van der Waals surface area (Å²) in [5.74, 6) is 0.264. The third-order valence-corrected chi connectivity index (χ3v) is 3.03. The Bertz CT molecular complexity index is 702. The van der Waals surface area contributed by atoms with Gasteiger partial charge in [-0.2, -0.15) is 5.10 Å². The maximum Gasteiger partial charge on any atom is 0.116 e. The Hall–Kier alpha value is -2.55. The zero-order valence-electron chi connectivity index (χ0n) is 10.6. The number of aryl methyl sites for hydroxylation is 1. The fourth-order valence-corrected chi connectivity index (χ4v) is 2.18. The van der Waals surface area contributed by atoms with Gasteiger partial charge < -0.3 is 5.11 Å². The van der Waals surface area contributed by atoms with Crippen molar-refractivity contribution in [3.8, 4) is 28.1 Å². The minimum atomic E-state index is 0.264. The van der Waals surface area contributed by atoms with Crippen molar-refractivity contribution in [2.45, 2.75) is 0 Å². The predicted octanol–water partition coefficient (Wildman–Crippen LogP) is 3.46. The average Bonchev–Trinajstić information content (AvgIpc) is 2.82. The molecular formula is C16H14N2O. The lowest BCUT2D eigenvalue weighted by Crippen LogP contribution is -1.87. The molecule has 94 valence electrons. The molecule has 0 radical (unpaired) electrons. The van der Waals surface area contributed by atoms with Crippen LogP contribution in [0.4, 0.5) is 0 Å². The molecule has 1 N–H and O–H groups in total. The average molecular weight is 250 g/mol. The van der Waals surface area contributed by atoms with Gasteiger partial charge in [0.25, 0.3) is 0 Å². The van der Waals surface area contributed by atoms with Crippen LogP contribution in [0.3, 0.4) is 0 Å². The van der Waals surface area contributed by atoms with Crippen LogP contribution in [0.5, 0.6) is 5.75 Å². The highest BCUT2D eigenvalue weighted by molar-refractivity contribution is 5.80. The summed E-state index contributed by atoms with van der Waals surface area (Å²) < 4.78 is 1.79. The molecule has 3 nitrogen and oxygen atoms in total. The minimum absolute atomic E-state index is 0.264. The molecule has 0 aliphatic carbocycles. The van der Waals surface area contributed by atoms with Crippen LogP contribution in [-0.4, -0.2) is 14.9 Å². The van der Waals surface area contributed by atoms with E-state index >= 15 is 0 Å². The van der Waals surface area contributed by atoms with Gasteiger partial charge in [0.1, 0.15) is 11.4 Å². The lowest BCUT2D eigenvalue weighted by atomic mass is 10.0. The van der Waals surface area contributed by atoms with E-state index in [0.29, 0.717) is 0 Å². The quantitative estimate of drug-likeness (QED) is 0.756. The van der Waals surface area contributed by atoms with Crippen molar-refractivity contribution in [1.82, 2.24) is 9.78 Å². The van der Waals surface area contributed by atoms with E-state index in [4.69, 9.17) is 0 Å². The lowest BCUT2D eigenvalue weighted by molar-refractivity contribution is 0.475. The number of aromatic hydroxyl groups is 1. The fraction of sp³-hybridized carbons (Fsp3) is 0.0625.